The van der Waals surface area contributed by atoms with Gasteiger partial charge >= 0.3 is 0 Å². The molecule has 0 saturated heterocycles. The second-order valence-corrected chi connectivity index (χ2v) is 6.02. The zero-order chi connectivity index (χ0) is 17.1. The number of rotatable bonds is 0. The highest BCUT2D eigenvalue weighted by Crippen LogP contribution is 2.51. The second-order valence-electron chi connectivity index (χ2n) is 4.42. The Bertz CT molecular complexity index is 813. The van der Waals surface area contributed by atoms with Crippen LogP contribution >= 0.6 is 46.4 Å². The molecule has 0 atom stereocenters. The van der Waals surface area contributed by atoms with E-state index in [4.69, 9.17) is 55.9 Å². The molecule has 2 aromatic rings. The molecule has 0 spiro atoms. The summed E-state index contributed by atoms with van der Waals surface area (Å²) >= 11 is 23.8. The van der Waals surface area contributed by atoms with Crippen molar-refractivity contribution in [3.05, 3.63) is 69.4 Å². The van der Waals surface area contributed by atoms with Crippen LogP contribution in [-0.2, 0) is 9.47 Å². The molecule has 24 heavy (non-hydrogen) atoms. The summed E-state index contributed by atoms with van der Waals surface area (Å²) in [5.74, 6) is 1.78. The second kappa shape index (κ2) is 7.45. The van der Waals surface area contributed by atoms with Crippen molar-refractivity contribution in [3.63, 3.8) is 0 Å². The highest BCUT2D eigenvalue weighted by Gasteiger charge is 2.23. The van der Waals surface area contributed by atoms with Crippen molar-refractivity contribution in [2.24, 2.45) is 0 Å². The molecule has 2 heterocycles. The minimum absolute atomic E-state index is 0.297. The molecule has 0 fully saturated rings. The molecule has 2 aliphatic heterocycles. The average Bonchev–Trinajstić information content (AvgIpc) is 2.60. The van der Waals surface area contributed by atoms with E-state index < -0.39 is 0 Å². The smallest absolute Gasteiger partial charge is 0.190 e. The summed E-state index contributed by atoms with van der Waals surface area (Å²) in [5.41, 5.74) is 0. The molecular weight excluding hydrogens is 398 g/mol. The van der Waals surface area contributed by atoms with Crippen LogP contribution in [-0.4, -0.2) is 0 Å². The van der Waals surface area contributed by atoms with Crippen molar-refractivity contribution >= 4 is 46.4 Å². The molecule has 124 valence electrons. The summed E-state index contributed by atoms with van der Waals surface area (Å²) in [5, 5.41) is 1.46. The standard InChI is InChI=1S/C12H4Cl4O2.C4H4O2/c13-5-1-2-8-12(11(5)16)18-10-4-7(15)6(14)3-9(10)17-8;1-2-6-4-3-5-1/h1-4H;1-4H. The molecular formula is C16H8Cl4O4. The van der Waals surface area contributed by atoms with Gasteiger partial charge in [-0.1, -0.05) is 46.4 Å². The van der Waals surface area contributed by atoms with Crippen LogP contribution < -0.4 is 9.47 Å². The molecule has 0 bridgehead atoms. The molecule has 0 aliphatic carbocycles. The maximum Gasteiger partial charge on any atom is 0.190 e. The van der Waals surface area contributed by atoms with Crippen LogP contribution in [0.15, 0.2) is 49.3 Å². The largest absolute Gasteiger partial charge is 0.466 e. The van der Waals surface area contributed by atoms with Crippen molar-refractivity contribution in [1.29, 1.82) is 0 Å². The van der Waals surface area contributed by atoms with E-state index in [1.54, 1.807) is 24.3 Å². The Morgan fingerprint density at radius 3 is 1.67 bits per heavy atom. The van der Waals surface area contributed by atoms with Gasteiger partial charge in [-0.25, -0.2) is 0 Å². The van der Waals surface area contributed by atoms with Gasteiger partial charge in [0.15, 0.2) is 23.0 Å². The molecule has 4 rings (SSSR count). The van der Waals surface area contributed by atoms with Gasteiger partial charge in [0, 0.05) is 12.1 Å². The highest BCUT2D eigenvalue weighted by atomic mass is 35.5. The molecule has 2 aliphatic rings. The van der Waals surface area contributed by atoms with Gasteiger partial charge in [0.2, 0.25) is 0 Å². The van der Waals surface area contributed by atoms with Gasteiger partial charge < -0.3 is 18.9 Å². The van der Waals surface area contributed by atoms with E-state index >= 15 is 0 Å². The van der Waals surface area contributed by atoms with Gasteiger partial charge in [0.1, 0.15) is 30.1 Å². The van der Waals surface area contributed by atoms with Gasteiger partial charge in [-0.05, 0) is 12.1 Å². The number of halogens is 4. The fourth-order valence-electron chi connectivity index (χ4n) is 1.81. The summed E-state index contributed by atoms with van der Waals surface area (Å²) in [6.45, 7) is 0. The normalized spacial score (nSPS) is 13.2. The van der Waals surface area contributed by atoms with E-state index in [2.05, 4.69) is 9.47 Å². The van der Waals surface area contributed by atoms with Gasteiger partial charge in [0.25, 0.3) is 0 Å². The molecule has 0 unspecified atom stereocenters. The Morgan fingerprint density at radius 1 is 0.583 bits per heavy atom. The lowest BCUT2D eigenvalue weighted by Crippen LogP contribution is -1.99. The quantitative estimate of drug-likeness (QED) is 0.397. The number of hydrogen-bond acceptors (Lipinski definition) is 4. The lowest BCUT2D eigenvalue weighted by molar-refractivity contribution is 0.290. The van der Waals surface area contributed by atoms with E-state index in [0.29, 0.717) is 43.1 Å². The molecule has 0 aromatic heterocycles. The summed E-state index contributed by atoms with van der Waals surface area (Å²) in [6, 6.07) is 6.47. The van der Waals surface area contributed by atoms with Crippen LogP contribution in [0.4, 0.5) is 0 Å². The van der Waals surface area contributed by atoms with Gasteiger partial charge in [-0.15, -0.1) is 0 Å². The van der Waals surface area contributed by atoms with E-state index in [-0.39, 0.29) is 0 Å². The van der Waals surface area contributed by atoms with E-state index in [1.807, 2.05) is 0 Å². The van der Waals surface area contributed by atoms with Crippen molar-refractivity contribution in [2.45, 2.75) is 0 Å². The summed E-state index contributed by atoms with van der Waals surface area (Å²) in [4.78, 5) is 0. The third kappa shape index (κ3) is 3.68. The first-order chi connectivity index (χ1) is 11.6. The summed E-state index contributed by atoms with van der Waals surface area (Å²) < 4.78 is 20.4. The van der Waals surface area contributed by atoms with Crippen molar-refractivity contribution in [3.8, 4) is 23.0 Å². The van der Waals surface area contributed by atoms with E-state index in [9.17, 15) is 0 Å². The Balaban J connectivity index is 0.000000238. The van der Waals surface area contributed by atoms with Gasteiger partial charge in [-0.3, -0.25) is 0 Å². The first-order valence-electron chi connectivity index (χ1n) is 6.50. The zero-order valence-electron chi connectivity index (χ0n) is 11.8. The van der Waals surface area contributed by atoms with Gasteiger partial charge in [-0.2, -0.15) is 0 Å². The fourth-order valence-corrected chi connectivity index (χ4v) is 2.46. The van der Waals surface area contributed by atoms with E-state index in [1.165, 1.54) is 25.0 Å². The number of hydrogen-bond donors (Lipinski definition) is 0. The van der Waals surface area contributed by atoms with E-state index in [0.717, 1.165) is 0 Å². The minimum Gasteiger partial charge on any atom is -0.466 e. The lowest BCUT2D eigenvalue weighted by Gasteiger charge is -2.22. The Labute approximate surface area is 157 Å². The van der Waals surface area contributed by atoms with Crippen molar-refractivity contribution in [2.75, 3.05) is 0 Å². The number of fused-ring (bicyclic) bond motifs is 2. The van der Waals surface area contributed by atoms with Crippen LogP contribution in [0.25, 0.3) is 0 Å². The topological polar surface area (TPSA) is 36.9 Å². The number of ether oxygens (including phenoxy) is 4. The van der Waals surface area contributed by atoms with Gasteiger partial charge in [0.05, 0.1) is 15.1 Å². The van der Waals surface area contributed by atoms with Crippen molar-refractivity contribution in [1.82, 2.24) is 0 Å². The third-order valence-corrected chi connectivity index (χ3v) is 4.37. The summed E-state index contributed by atoms with van der Waals surface area (Å²) in [6.07, 6.45) is 5.83. The molecule has 2 aromatic carbocycles. The monoisotopic (exact) mass is 404 g/mol. The lowest BCUT2D eigenvalue weighted by atomic mass is 10.2. The first kappa shape index (κ1) is 17.1. The predicted molar refractivity (Wildman–Crippen MR) is 93.5 cm³/mol. The van der Waals surface area contributed by atoms with Crippen LogP contribution in [0.5, 0.6) is 23.0 Å². The van der Waals surface area contributed by atoms with Crippen LogP contribution in [0, 0.1) is 0 Å². The fraction of sp³-hybridized carbons (Fsp3) is 0. The Kier molecular flexibility index (Phi) is 5.31. The molecule has 0 amide bonds. The number of benzene rings is 2. The van der Waals surface area contributed by atoms with Crippen molar-refractivity contribution < 1.29 is 18.9 Å². The maximum atomic E-state index is 6.05. The van der Waals surface area contributed by atoms with Crippen LogP contribution in [0.3, 0.4) is 0 Å². The van der Waals surface area contributed by atoms with Crippen LogP contribution in [0.1, 0.15) is 0 Å². The molecule has 0 N–H and O–H groups in total. The minimum atomic E-state index is 0.297. The molecule has 8 heteroatoms. The molecule has 0 saturated carbocycles. The van der Waals surface area contributed by atoms with Crippen LogP contribution in [0.2, 0.25) is 20.1 Å². The average molecular weight is 406 g/mol. The SMILES string of the molecule is C1=COC=CO1.Clc1cc2c(cc1Cl)Oc1c(ccc(Cl)c1Cl)O2. The zero-order valence-corrected chi connectivity index (χ0v) is 14.8. The Hall–Kier alpha value is -1.72. The molecule has 0 radical (unpaired) electrons. The Morgan fingerprint density at radius 2 is 1.12 bits per heavy atom. The third-order valence-electron chi connectivity index (χ3n) is 2.86. The summed E-state index contributed by atoms with van der Waals surface area (Å²) in [7, 11) is 0. The maximum absolute atomic E-state index is 6.05. The molecule has 4 nitrogen and oxygen atoms in total. The first-order valence-corrected chi connectivity index (χ1v) is 8.01. The highest BCUT2D eigenvalue weighted by molar-refractivity contribution is 6.43. The predicted octanol–water partition coefficient (Wildman–Crippen LogP) is 7.17.